The molecule has 90 valence electrons. The molecule has 0 saturated carbocycles. The van der Waals surface area contributed by atoms with Gasteiger partial charge in [0.05, 0.1) is 18.0 Å². The van der Waals surface area contributed by atoms with E-state index in [1.165, 1.54) is 0 Å². The van der Waals surface area contributed by atoms with Gasteiger partial charge >= 0.3 is 0 Å². The first-order valence-electron chi connectivity index (χ1n) is 5.55. The summed E-state index contributed by atoms with van der Waals surface area (Å²) < 4.78 is 6.38. The number of rotatable bonds is 3. The number of hydrogen-bond donors (Lipinski definition) is 1. The minimum atomic E-state index is 0.836. The highest BCUT2D eigenvalue weighted by Gasteiger charge is 2.12. The number of nitrogens with zero attached hydrogens (tertiary/aromatic N) is 1. The molecule has 0 aliphatic carbocycles. The highest BCUT2D eigenvalue weighted by molar-refractivity contribution is 9.10. The van der Waals surface area contributed by atoms with Crippen LogP contribution in [0, 0.1) is 0 Å². The van der Waals surface area contributed by atoms with Crippen LogP contribution in [0.5, 0.6) is 5.75 Å². The Morgan fingerprint density at radius 2 is 2.18 bits per heavy atom. The number of halogens is 1. The molecule has 0 radical (unpaired) electrons. The van der Waals surface area contributed by atoms with Gasteiger partial charge in [-0.15, -0.1) is 0 Å². The Balaban J connectivity index is 2.86. The number of hydrogen-bond acceptors (Lipinski definition) is 3. The summed E-state index contributed by atoms with van der Waals surface area (Å²) in [4.78, 5) is 4.64. The maximum absolute atomic E-state index is 5.40. The van der Waals surface area contributed by atoms with Crippen LogP contribution >= 0.6 is 15.9 Å². The van der Waals surface area contributed by atoms with Gasteiger partial charge in [-0.1, -0.05) is 6.92 Å². The third-order valence-electron chi connectivity index (χ3n) is 2.78. The minimum Gasteiger partial charge on any atom is -0.496 e. The number of aryl methyl sites for hydroxylation is 1. The zero-order valence-electron chi connectivity index (χ0n) is 10.2. The van der Waals surface area contributed by atoms with Crippen LogP contribution in [0.3, 0.4) is 0 Å². The van der Waals surface area contributed by atoms with Crippen molar-refractivity contribution in [3.05, 3.63) is 28.4 Å². The van der Waals surface area contributed by atoms with Crippen LogP contribution in [0.25, 0.3) is 10.9 Å². The van der Waals surface area contributed by atoms with Crippen LogP contribution in [-0.4, -0.2) is 19.1 Å². The van der Waals surface area contributed by atoms with E-state index in [-0.39, 0.29) is 0 Å². The monoisotopic (exact) mass is 294 g/mol. The van der Waals surface area contributed by atoms with Gasteiger partial charge in [-0.2, -0.15) is 0 Å². The third-order valence-corrected chi connectivity index (χ3v) is 3.42. The highest BCUT2D eigenvalue weighted by Crippen LogP contribution is 2.36. The number of ether oxygens (including phenoxy) is 1. The molecule has 0 unspecified atom stereocenters. The van der Waals surface area contributed by atoms with Crippen molar-refractivity contribution in [1.82, 2.24) is 4.98 Å². The van der Waals surface area contributed by atoms with Gasteiger partial charge in [0.1, 0.15) is 5.75 Å². The van der Waals surface area contributed by atoms with E-state index in [2.05, 4.69) is 39.2 Å². The Bertz CT molecular complexity index is 555. The fraction of sp³-hybridized carbons (Fsp3) is 0.308. The molecule has 0 bridgehead atoms. The van der Waals surface area contributed by atoms with Gasteiger partial charge in [-0.3, -0.25) is 4.98 Å². The first kappa shape index (κ1) is 12.2. The van der Waals surface area contributed by atoms with Crippen molar-refractivity contribution in [2.45, 2.75) is 13.3 Å². The molecule has 0 spiro atoms. The Morgan fingerprint density at radius 1 is 1.41 bits per heavy atom. The van der Waals surface area contributed by atoms with Gasteiger partial charge in [-0.25, -0.2) is 0 Å². The molecule has 2 rings (SSSR count). The number of aromatic nitrogens is 1. The molecule has 1 heterocycles. The van der Waals surface area contributed by atoms with Gasteiger partial charge in [0.25, 0.3) is 0 Å². The second-order valence-corrected chi connectivity index (χ2v) is 4.59. The third kappa shape index (κ3) is 2.09. The molecule has 17 heavy (non-hydrogen) atoms. The van der Waals surface area contributed by atoms with E-state index in [1.54, 1.807) is 7.11 Å². The molecule has 4 heteroatoms. The summed E-state index contributed by atoms with van der Waals surface area (Å²) in [7, 11) is 3.59. The molecule has 0 aliphatic rings. The van der Waals surface area contributed by atoms with Crippen LogP contribution in [-0.2, 0) is 6.42 Å². The second kappa shape index (κ2) is 4.92. The van der Waals surface area contributed by atoms with Crippen molar-refractivity contribution in [3.8, 4) is 5.75 Å². The van der Waals surface area contributed by atoms with Crippen molar-refractivity contribution < 1.29 is 4.74 Å². The molecule has 1 aromatic heterocycles. The van der Waals surface area contributed by atoms with E-state index in [1.807, 2.05) is 19.2 Å². The van der Waals surface area contributed by atoms with Crippen LogP contribution in [0.1, 0.15) is 12.6 Å². The van der Waals surface area contributed by atoms with E-state index < -0.39 is 0 Å². The maximum atomic E-state index is 5.40. The number of nitrogens with one attached hydrogen (secondary N) is 1. The standard InChI is InChI=1S/C13H15BrN2O/c1-4-8-7-10(15-2)12-11(17-3)6-5-9(14)13(12)16-8/h5-7H,4H2,1-3H3,(H,15,16). The summed E-state index contributed by atoms with van der Waals surface area (Å²) in [5, 5.41) is 4.22. The quantitative estimate of drug-likeness (QED) is 0.939. The largest absolute Gasteiger partial charge is 0.496 e. The van der Waals surface area contributed by atoms with Crippen LogP contribution in [0.4, 0.5) is 5.69 Å². The lowest BCUT2D eigenvalue weighted by Gasteiger charge is -2.12. The van der Waals surface area contributed by atoms with E-state index in [0.717, 1.165) is 38.9 Å². The molecule has 0 aliphatic heterocycles. The first-order chi connectivity index (χ1) is 8.21. The summed E-state index contributed by atoms with van der Waals surface area (Å²) in [5.41, 5.74) is 3.05. The molecule has 0 saturated heterocycles. The van der Waals surface area contributed by atoms with Gasteiger partial charge < -0.3 is 10.1 Å². The summed E-state index contributed by atoms with van der Waals surface area (Å²) in [5.74, 6) is 0.836. The average molecular weight is 295 g/mol. The maximum Gasteiger partial charge on any atom is 0.130 e. The number of anilines is 1. The lowest BCUT2D eigenvalue weighted by atomic mass is 10.1. The number of fused-ring (bicyclic) bond motifs is 1. The van der Waals surface area contributed by atoms with E-state index in [0.29, 0.717) is 0 Å². The fourth-order valence-electron chi connectivity index (χ4n) is 1.88. The second-order valence-electron chi connectivity index (χ2n) is 3.74. The Kier molecular flexibility index (Phi) is 3.52. The number of methoxy groups -OCH3 is 1. The SMILES string of the molecule is CCc1cc(NC)c2c(OC)ccc(Br)c2n1. The van der Waals surface area contributed by atoms with Gasteiger partial charge in [-0.05, 0) is 40.5 Å². The fourth-order valence-corrected chi connectivity index (χ4v) is 2.30. The van der Waals surface area contributed by atoms with Crippen molar-refractivity contribution in [2.24, 2.45) is 0 Å². The number of pyridine rings is 1. The summed E-state index contributed by atoms with van der Waals surface area (Å²) in [6, 6.07) is 5.98. The topological polar surface area (TPSA) is 34.1 Å². The highest BCUT2D eigenvalue weighted by atomic mass is 79.9. The molecule has 0 amide bonds. The lowest BCUT2D eigenvalue weighted by Crippen LogP contribution is -1.98. The van der Waals surface area contributed by atoms with E-state index in [4.69, 9.17) is 4.74 Å². The predicted molar refractivity (Wildman–Crippen MR) is 74.9 cm³/mol. The zero-order chi connectivity index (χ0) is 12.4. The zero-order valence-corrected chi connectivity index (χ0v) is 11.8. The van der Waals surface area contributed by atoms with Gasteiger partial charge in [0.2, 0.25) is 0 Å². The molecule has 0 atom stereocenters. The van der Waals surface area contributed by atoms with Crippen LogP contribution in [0.15, 0.2) is 22.7 Å². The van der Waals surface area contributed by atoms with Crippen LogP contribution < -0.4 is 10.1 Å². The molecule has 0 fully saturated rings. The predicted octanol–water partition coefficient (Wildman–Crippen LogP) is 3.61. The Hall–Kier alpha value is -1.29. The summed E-state index contributed by atoms with van der Waals surface area (Å²) in [6.07, 6.45) is 0.911. The van der Waals surface area contributed by atoms with Crippen LogP contribution in [0.2, 0.25) is 0 Å². The Labute approximate surface area is 109 Å². The molecule has 1 N–H and O–H groups in total. The summed E-state index contributed by atoms with van der Waals surface area (Å²) in [6.45, 7) is 2.10. The molecule has 3 nitrogen and oxygen atoms in total. The molecule has 1 aromatic carbocycles. The molecule has 2 aromatic rings. The Morgan fingerprint density at radius 3 is 2.76 bits per heavy atom. The van der Waals surface area contributed by atoms with Crippen molar-refractivity contribution in [3.63, 3.8) is 0 Å². The van der Waals surface area contributed by atoms with Crippen molar-refractivity contribution >= 4 is 32.5 Å². The smallest absolute Gasteiger partial charge is 0.130 e. The van der Waals surface area contributed by atoms with Gasteiger partial charge in [0.15, 0.2) is 0 Å². The van der Waals surface area contributed by atoms with E-state index >= 15 is 0 Å². The minimum absolute atomic E-state index is 0.836. The number of benzene rings is 1. The van der Waals surface area contributed by atoms with E-state index in [9.17, 15) is 0 Å². The molecular formula is C13H15BrN2O. The van der Waals surface area contributed by atoms with Gasteiger partial charge in [0, 0.05) is 22.9 Å². The summed E-state index contributed by atoms with van der Waals surface area (Å²) >= 11 is 3.54. The molecular weight excluding hydrogens is 280 g/mol. The normalized spacial score (nSPS) is 10.6. The lowest BCUT2D eigenvalue weighted by molar-refractivity contribution is 0.420. The van der Waals surface area contributed by atoms with Crippen molar-refractivity contribution in [1.29, 1.82) is 0 Å². The first-order valence-corrected chi connectivity index (χ1v) is 6.34. The average Bonchev–Trinajstić information content (AvgIpc) is 2.38. The van der Waals surface area contributed by atoms with Crippen molar-refractivity contribution in [2.75, 3.05) is 19.5 Å².